The van der Waals surface area contributed by atoms with Crippen LogP contribution in [0.3, 0.4) is 0 Å². The Morgan fingerprint density at radius 2 is 1.70 bits per heavy atom. The number of aryl methyl sites for hydroxylation is 1. The Hall–Kier alpha value is -3.71. The van der Waals surface area contributed by atoms with Crippen molar-refractivity contribution in [3.05, 3.63) is 100 Å². The smallest absolute Gasteiger partial charge is 0.261 e. The molecule has 0 saturated carbocycles. The van der Waals surface area contributed by atoms with Crippen LogP contribution < -0.4 is 5.56 Å². The second-order valence-corrected chi connectivity index (χ2v) is 7.39. The Morgan fingerprint density at radius 3 is 2.47 bits per heavy atom. The van der Waals surface area contributed by atoms with Crippen LogP contribution in [0.5, 0.6) is 0 Å². The van der Waals surface area contributed by atoms with E-state index >= 15 is 0 Å². The summed E-state index contributed by atoms with van der Waals surface area (Å²) in [6.45, 7) is 2.62. The third kappa shape index (κ3) is 3.88. The first kappa shape index (κ1) is 19.6. The zero-order chi connectivity index (χ0) is 20.9. The molecule has 1 heterocycles. The summed E-state index contributed by atoms with van der Waals surface area (Å²) in [6, 6.07) is 25.4. The van der Waals surface area contributed by atoms with Gasteiger partial charge >= 0.3 is 0 Å². The Bertz CT molecular complexity index is 1280. The standard InChI is InChI=1S/C26H23N3O/c1-2-3-12-25-28-24-11-7-6-10-23(24)26(30)29(25)18-19-13-15-20(16-14-19)22-9-5-4-8-21(22)17-27/h4-11,13-16H,2-3,12,18H2,1H3. The van der Waals surface area contributed by atoms with Crippen molar-refractivity contribution < 1.29 is 0 Å². The first-order valence-electron chi connectivity index (χ1n) is 10.3. The Balaban J connectivity index is 1.71. The molecule has 1 aromatic heterocycles. The van der Waals surface area contributed by atoms with Crippen LogP contribution in [0, 0.1) is 11.3 Å². The molecule has 4 heteroatoms. The summed E-state index contributed by atoms with van der Waals surface area (Å²) in [5.41, 5.74) is 4.36. The second kappa shape index (κ2) is 8.75. The van der Waals surface area contributed by atoms with E-state index in [1.165, 1.54) is 0 Å². The molecule has 0 bridgehead atoms. The SMILES string of the molecule is CCCCc1nc2ccccc2c(=O)n1Cc1ccc(-c2ccccc2C#N)cc1. The molecule has 4 nitrogen and oxygen atoms in total. The minimum absolute atomic E-state index is 0.00519. The maximum absolute atomic E-state index is 13.2. The van der Waals surface area contributed by atoms with Crippen LogP contribution in [0.25, 0.3) is 22.0 Å². The third-order valence-corrected chi connectivity index (χ3v) is 5.35. The molecule has 0 aliphatic rings. The maximum Gasteiger partial charge on any atom is 0.261 e. The van der Waals surface area contributed by atoms with E-state index in [9.17, 15) is 10.1 Å². The number of rotatable bonds is 6. The van der Waals surface area contributed by atoms with Crippen LogP contribution in [0.4, 0.5) is 0 Å². The third-order valence-electron chi connectivity index (χ3n) is 5.35. The summed E-state index contributed by atoms with van der Waals surface area (Å²) < 4.78 is 1.80. The highest BCUT2D eigenvalue weighted by Crippen LogP contribution is 2.24. The van der Waals surface area contributed by atoms with Crippen LogP contribution in [0.15, 0.2) is 77.6 Å². The molecule has 0 N–H and O–H groups in total. The predicted octanol–water partition coefficient (Wildman–Crippen LogP) is 5.33. The molecule has 0 atom stereocenters. The van der Waals surface area contributed by atoms with E-state index in [4.69, 9.17) is 4.98 Å². The summed E-state index contributed by atoms with van der Waals surface area (Å²) in [4.78, 5) is 18.0. The number of benzene rings is 3. The van der Waals surface area contributed by atoms with E-state index < -0.39 is 0 Å². The number of nitrogens with zero attached hydrogens (tertiary/aromatic N) is 3. The summed E-state index contributed by atoms with van der Waals surface area (Å²) in [6.07, 6.45) is 2.83. The van der Waals surface area contributed by atoms with Crippen molar-refractivity contribution in [3.8, 4) is 17.2 Å². The number of unbranched alkanes of at least 4 members (excludes halogenated alkanes) is 1. The van der Waals surface area contributed by atoms with Gasteiger partial charge in [0.25, 0.3) is 5.56 Å². The van der Waals surface area contributed by atoms with Crippen LogP contribution in [-0.4, -0.2) is 9.55 Å². The van der Waals surface area contributed by atoms with Crippen molar-refractivity contribution in [3.63, 3.8) is 0 Å². The molecule has 148 valence electrons. The van der Waals surface area contributed by atoms with Gasteiger partial charge in [-0.15, -0.1) is 0 Å². The lowest BCUT2D eigenvalue weighted by molar-refractivity contribution is 0.646. The zero-order valence-corrected chi connectivity index (χ0v) is 17.0. The lowest BCUT2D eigenvalue weighted by Crippen LogP contribution is -2.26. The Morgan fingerprint density at radius 1 is 0.967 bits per heavy atom. The average Bonchev–Trinajstić information content (AvgIpc) is 2.80. The number of aromatic nitrogens is 2. The highest BCUT2D eigenvalue weighted by atomic mass is 16.1. The first-order chi connectivity index (χ1) is 14.7. The van der Waals surface area contributed by atoms with Crippen LogP contribution in [-0.2, 0) is 13.0 Å². The lowest BCUT2D eigenvalue weighted by Gasteiger charge is -2.14. The van der Waals surface area contributed by atoms with Gasteiger partial charge in [-0.2, -0.15) is 5.26 Å². The van der Waals surface area contributed by atoms with Crippen molar-refractivity contribution in [1.29, 1.82) is 5.26 Å². The van der Waals surface area contributed by atoms with Gasteiger partial charge in [-0.1, -0.05) is 67.9 Å². The molecule has 4 aromatic rings. The Kier molecular flexibility index (Phi) is 5.72. The summed E-state index contributed by atoms with van der Waals surface area (Å²) >= 11 is 0. The molecule has 4 rings (SSSR count). The van der Waals surface area contributed by atoms with Gasteiger partial charge < -0.3 is 0 Å². The van der Waals surface area contributed by atoms with Crippen LogP contribution in [0.2, 0.25) is 0 Å². The van der Waals surface area contributed by atoms with E-state index in [0.717, 1.165) is 47.3 Å². The van der Waals surface area contributed by atoms with Crippen LogP contribution >= 0.6 is 0 Å². The summed E-state index contributed by atoms with van der Waals surface area (Å²) in [5.74, 6) is 0.833. The normalized spacial score (nSPS) is 10.8. The predicted molar refractivity (Wildman–Crippen MR) is 120 cm³/mol. The van der Waals surface area contributed by atoms with E-state index in [1.54, 1.807) is 4.57 Å². The number of nitriles is 1. The minimum atomic E-state index is 0.00519. The molecule has 0 spiro atoms. The number of fused-ring (bicyclic) bond motifs is 1. The van der Waals surface area contributed by atoms with E-state index in [2.05, 4.69) is 13.0 Å². The number of para-hydroxylation sites is 1. The fraction of sp³-hybridized carbons (Fsp3) is 0.192. The molecule has 0 fully saturated rings. The highest BCUT2D eigenvalue weighted by molar-refractivity contribution is 5.77. The monoisotopic (exact) mass is 393 g/mol. The molecule has 0 amide bonds. The number of hydrogen-bond donors (Lipinski definition) is 0. The molecular weight excluding hydrogens is 370 g/mol. The molecule has 0 unspecified atom stereocenters. The van der Waals surface area contributed by atoms with Gasteiger partial charge in [0, 0.05) is 6.42 Å². The van der Waals surface area contributed by atoms with E-state index in [1.807, 2.05) is 72.8 Å². The van der Waals surface area contributed by atoms with Gasteiger partial charge in [0.15, 0.2) is 0 Å². The van der Waals surface area contributed by atoms with E-state index in [0.29, 0.717) is 17.5 Å². The topological polar surface area (TPSA) is 58.7 Å². The molecule has 0 aliphatic carbocycles. The van der Waals surface area contributed by atoms with Gasteiger partial charge in [0.2, 0.25) is 0 Å². The summed E-state index contributed by atoms with van der Waals surface area (Å²) in [7, 11) is 0. The average molecular weight is 393 g/mol. The van der Waals surface area contributed by atoms with Gasteiger partial charge in [0.05, 0.1) is 29.1 Å². The Labute approximate surface area is 176 Å². The molecule has 3 aromatic carbocycles. The number of hydrogen-bond acceptors (Lipinski definition) is 3. The lowest BCUT2D eigenvalue weighted by atomic mass is 9.99. The van der Waals surface area contributed by atoms with Gasteiger partial charge in [-0.25, -0.2) is 4.98 Å². The van der Waals surface area contributed by atoms with Crippen molar-refractivity contribution in [2.45, 2.75) is 32.7 Å². The quantitative estimate of drug-likeness (QED) is 0.445. The molecule has 0 saturated heterocycles. The molecule has 30 heavy (non-hydrogen) atoms. The summed E-state index contributed by atoms with van der Waals surface area (Å²) in [5, 5.41) is 10.0. The first-order valence-corrected chi connectivity index (χ1v) is 10.3. The molecular formula is C26H23N3O. The molecule has 0 aliphatic heterocycles. The largest absolute Gasteiger partial charge is 0.292 e. The van der Waals surface area contributed by atoms with E-state index in [-0.39, 0.29) is 5.56 Å². The van der Waals surface area contributed by atoms with Crippen molar-refractivity contribution in [2.75, 3.05) is 0 Å². The molecule has 0 radical (unpaired) electrons. The van der Waals surface area contributed by atoms with Gasteiger partial charge in [0.1, 0.15) is 5.82 Å². The minimum Gasteiger partial charge on any atom is -0.292 e. The highest BCUT2D eigenvalue weighted by Gasteiger charge is 2.11. The van der Waals surface area contributed by atoms with Crippen molar-refractivity contribution >= 4 is 10.9 Å². The van der Waals surface area contributed by atoms with Crippen molar-refractivity contribution in [1.82, 2.24) is 9.55 Å². The van der Waals surface area contributed by atoms with Gasteiger partial charge in [-0.3, -0.25) is 9.36 Å². The fourth-order valence-electron chi connectivity index (χ4n) is 3.71. The second-order valence-electron chi connectivity index (χ2n) is 7.39. The van der Waals surface area contributed by atoms with Crippen LogP contribution in [0.1, 0.15) is 36.7 Å². The fourth-order valence-corrected chi connectivity index (χ4v) is 3.71. The van der Waals surface area contributed by atoms with Crippen molar-refractivity contribution in [2.24, 2.45) is 0 Å². The zero-order valence-electron chi connectivity index (χ0n) is 17.0. The van der Waals surface area contributed by atoms with Gasteiger partial charge in [-0.05, 0) is 41.3 Å². The maximum atomic E-state index is 13.2.